The van der Waals surface area contributed by atoms with E-state index in [0.717, 1.165) is 5.56 Å². The lowest BCUT2D eigenvalue weighted by Crippen LogP contribution is -2.21. The molecule has 0 bridgehead atoms. The van der Waals surface area contributed by atoms with Gasteiger partial charge in [0.05, 0.1) is 5.56 Å². The van der Waals surface area contributed by atoms with Crippen LogP contribution in [-0.2, 0) is 12.5 Å². The largest absolute Gasteiger partial charge is 0.508 e. The average Bonchev–Trinajstić information content (AvgIpc) is 2.49. The van der Waals surface area contributed by atoms with Gasteiger partial charge in [-0.05, 0) is 47.9 Å². The van der Waals surface area contributed by atoms with Crippen LogP contribution < -0.4 is 4.74 Å². The van der Waals surface area contributed by atoms with Crippen LogP contribution in [0.2, 0.25) is 0 Å². The van der Waals surface area contributed by atoms with E-state index >= 15 is 0 Å². The minimum Gasteiger partial charge on any atom is -0.508 e. The van der Waals surface area contributed by atoms with Crippen molar-refractivity contribution in [3.8, 4) is 11.5 Å². The number of alkyl halides is 2. The highest BCUT2D eigenvalue weighted by atomic mass is 19.3. The van der Waals surface area contributed by atoms with E-state index in [1.54, 1.807) is 18.2 Å². The van der Waals surface area contributed by atoms with E-state index in [1.165, 1.54) is 30.3 Å². The fourth-order valence-electron chi connectivity index (χ4n) is 1.93. The second-order valence-electron chi connectivity index (χ2n) is 4.59. The van der Waals surface area contributed by atoms with Gasteiger partial charge in [0.15, 0.2) is 0 Å². The van der Waals surface area contributed by atoms with E-state index in [9.17, 15) is 13.9 Å². The van der Waals surface area contributed by atoms with Crippen LogP contribution in [0.1, 0.15) is 23.6 Å². The molecule has 0 atom stereocenters. The highest BCUT2D eigenvalue weighted by Gasteiger charge is 2.34. The van der Waals surface area contributed by atoms with Crippen LogP contribution in [0.25, 0.3) is 6.08 Å². The highest BCUT2D eigenvalue weighted by Crippen LogP contribution is 2.33. The topological polar surface area (TPSA) is 29.5 Å². The molecule has 0 aliphatic rings. The fourth-order valence-corrected chi connectivity index (χ4v) is 1.93. The van der Waals surface area contributed by atoms with Crippen molar-refractivity contribution < 1.29 is 18.6 Å². The van der Waals surface area contributed by atoms with E-state index in [2.05, 4.69) is 6.58 Å². The quantitative estimate of drug-likeness (QED) is 0.863. The predicted molar refractivity (Wildman–Crippen MR) is 78.5 cm³/mol. The summed E-state index contributed by atoms with van der Waals surface area (Å²) in [6.45, 7) is 5.40. The molecular formula is C17H16F2O2. The Kier molecular flexibility index (Phi) is 4.26. The summed E-state index contributed by atoms with van der Waals surface area (Å²) in [5.41, 5.74) is 1.08. The van der Waals surface area contributed by atoms with E-state index in [4.69, 9.17) is 4.74 Å². The van der Waals surface area contributed by atoms with E-state index in [-0.39, 0.29) is 17.1 Å². The van der Waals surface area contributed by atoms with Crippen LogP contribution in [0, 0.1) is 0 Å². The smallest absolute Gasteiger partial charge is 0.426 e. The van der Waals surface area contributed by atoms with E-state index in [1.807, 2.05) is 6.92 Å². The van der Waals surface area contributed by atoms with Gasteiger partial charge in [-0.2, -0.15) is 8.78 Å². The third kappa shape index (κ3) is 3.40. The lowest BCUT2D eigenvalue weighted by molar-refractivity contribution is -0.185. The number of aromatic hydroxyl groups is 1. The Bertz CT molecular complexity index is 634. The number of benzene rings is 2. The molecule has 0 unspecified atom stereocenters. The Morgan fingerprint density at radius 3 is 2.43 bits per heavy atom. The minimum absolute atomic E-state index is 0.0162. The summed E-state index contributed by atoms with van der Waals surface area (Å²) in [5.74, 6) is 0.0888. The highest BCUT2D eigenvalue weighted by molar-refractivity contribution is 5.47. The van der Waals surface area contributed by atoms with Crippen LogP contribution >= 0.6 is 0 Å². The molecule has 4 heteroatoms. The van der Waals surface area contributed by atoms with Gasteiger partial charge < -0.3 is 9.84 Å². The molecule has 0 saturated heterocycles. The molecule has 21 heavy (non-hydrogen) atoms. The van der Waals surface area contributed by atoms with Crippen molar-refractivity contribution in [2.45, 2.75) is 19.5 Å². The third-order valence-electron chi connectivity index (χ3n) is 3.16. The molecule has 2 aromatic rings. The number of halogens is 2. The van der Waals surface area contributed by atoms with Gasteiger partial charge >= 0.3 is 6.11 Å². The molecular weight excluding hydrogens is 274 g/mol. The van der Waals surface area contributed by atoms with E-state index in [0.29, 0.717) is 12.0 Å². The fraction of sp³-hybridized carbons (Fsp3) is 0.176. The summed E-state index contributed by atoms with van der Waals surface area (Å²) in [5, 5.41) is 9.56. The number of phenols is 1. The Morgan fingerprint density at radius 1 is 1.19 bits per heavy atom. The van der Waals surface area contributed by atoms with Gasteiger partial charge in [-0.25, -0.2) is 0 Å². The SMILES string of the molecule is C=Cc1ccc(C(F)(F)Oc2ccc(O)c(CC)c2)cc1. The molecule has 0 aromatic heterocycles. The van der Waals surface area contributed by atoms with Crippen LogP contribution in [-0.4, -0.2) is 5.11 Å². The lowest BCUT2D eigenvalue weighted by atomic mass is 10.1. The van der Waals surface area contributed by atoms with Gasteiger partial charge in [0, 0.05) is 0 Å². The molecule has 2 rings (SSSR count). The number of rotatable bonds is 5. The first-order valence-corrected chi connectivity index (χ1v) is 6.58. The number of aryl methyl sites for hydroxylation is 1. The first-order chi connectivity index (χ1) is 9.96. The van der Waals surface area contributed by atoms with Gasteiger partial charge in [-0.1, -0.05) is 31.7 Å². The summed E-state index contributed by atoms with van der Waals surface area (Å²) in [4.78, 5) is 0. The van der Waals surface area contributed by atoms with Crippen molar-refractivity contribution in [3.63, 3.8) is 0 Å². The minimum atomic E-state index is -3.44. The first-order valence-electron chi connectivity index (χ1n) is 6.58. The molecule has 1 N–H and O–H groups in total. The molecule has 0 radical (unpaired) electrons. The van der Waals surface area contributed by atoms with E-state index < -0.39 is 6.11 Å². The summed E-state index contributed by atoms with van der Waals surface area (Å²) < 4.78 is 33.0. The van der Waals surface area contributed by atoms with Gasteiger partial charge in [0.25, 0.3) is 0 Å². The lowest BCUT2D eigenvalue weighted by Gasteiger charge is -2.19. The Labute approximate surface area is 122 Å². The Balaban J connectivity index is 2.25. The number of hydrogen-bond acceptors (Lipinski definition) is 2. The molecule has 0 amide bonds. The van der Waals surface area contributed by atoms with Crippen molar-refractivity contribution in [1.29, 1.82) is 0 Å². The zero-order valence-corrected chi connectivity index (χ0v) is 11.6. The maximum atomic E-state index is 14.1. The van der Waals surface area contributed by atoms with Crippen molar-refractivity contribution in [3.05, 3.63) is 65.7 Å². The zero-order chi connectivity index (χ0) is 15.5. The Morgan fingerprint density at radius 2 is 1.86 bits per heavy atom. The van der Waals surface area contributed by atoms with Crippen molar-refractivity contribution in [2.75, 3.05) is 0 Å². The second-order valence-corrected chi connectivity index (χ2v) is 4.59. The Hall–Kier alpha value is -2.36. The molecule has 110 valence electrons. The maximum absolute atomic E-state index is 14.1. The molecule has 2 nitrogen and oxygen atoms in total. The molecule has 0 saturated carbocycles. The van der Waals surface area contributed by atoms with Gasteiger partial charge in [-0.15, -0.1) is 0 Å². The maximum Gasteiger partial charge on any atom is 0.426 e. The van der Waals surface area contributed by atoms with Gasteiger partial charge in [0.2, 0.25) is 0 Å². The van der Waals surface area contributed by atoms with Crippen LogP contribution in [0.15, 0.2) is 49.0 Å². The molecule has 0 spiro atoms. The van der Waals surface area contributed by atoms with Crippen LogP contribution in [0.5, 0.6) is 11.5 Å². The van der Waals surface area contributed by atoms with Gasteiger partial charge in [0.1, 0.15) is 11.5 Å². The number of phenolic OH excluding ortho intramolecular Hbond substituents is 1. The molecule has 0 aliphatic heterocycles. The predicted octanol–water partition coefficient (Wildman–Crippen LogP) is 4.73. The van der Waals surface area contributed by atoms with Gasteiger partial charge in [-0.3, -0.25) is 0 Å². The van der Waals surface area contributed by atoms with Crippen molar-refractivity contribution in [1.82, 2.24) is 0 Å². The van der Waals surface area contributed by atoms with Crippen LogP contribution in [0.3, 0.4) is 0 Å². The standard InChI is InChI=1S/C17H16F2O2/c1-3-12-5-7-14(8-6-12)17(18,19)21-15-9-10-16(20)13(4-2)11-15/h3,5-11,20H,1,4H2,2H3. The number of hydrogen-bond donors (Lipinski definition) is 1. The van der Waals surface area contributed by atoms with Crippen LogP contribution in [0.4, 0.5) is 8.78 Å². The van der Waals surface area contributed by atoms with Crippen molar-refractivity contribution in [2.24, 2.45) is 0 Å². The summed E-state index contributed by atoms with van der Waals surface area (Å²) in [6.07, 6.45) is -1.33. The monoisotopic (exact) mass is 290 g/mol. The second kappa shape index (κ2) is 5.95. The third-order valence-corrected chi connectivity index (χ3v) is 3.16. The molecule has 0 heterocycles. The summed E-state index contributed by atoms with van der Waals surface area (Å²) in [7, 11) is 0. The average molecular weight is 290 g/mol. The number of ether oxygens (including phenoxy) is 1. The zero-order valence-electron chi connectivity index (χ0n) is 11.6. The first kappa shape index (κ1) is 15.0. The summed E-state index contributed by atoms with van der Waals surface area (Å²) >= 11 is 0. The van der Waals surface area contributed by atoms with Crippen molar-refractivity contribution >= 4 is 6.08 Å². The normalized spacial score (nSPS) is 11.2. The molecule has 2 aromatic carbocycles. The molecule has 0 fully saturated rings. The molecule has 0 aliphatic carbocycles. The summed E-state index contributed by atoms with van der Waals surface area (Å²) in [6, 6.07) is 9.80.